The number of rotatable bonds is 4. The standard InChI is InChI=1S/C17H20FNO3/c1-10(12-3-2-4-13(18)7-12)16(20)19-8-14(11-5-6-11)15(9-19)17(21)22/h2-4,7,10-11,14-15H,5-6,8-9H2,1H3,(H,21,22)/t10?,14-,15+/m1/s1. The monoisotopic (exact) mass is 305 g/mol. The SMILES string of the molecule is CC(C(=O)N1C[C@H](C(=O)O)[C@@H](C2CC2)C1)c1cccc(F)c1. The summed E-state index contributed by atoms with van der Waals surface area (Å²) in [6.45, 7) is 2.53. The molecular weight excluding hydrogens is 285 g/mol. The Morgan fingerprint density at radius 1 is 1.32 bits per heavy atom. The highest BCUT2D eigenvalue weighted by Gasteiger charge is 2.47. The number of aliphatic carboxylic acids is 1. The smallest absolute Gasteiger partial charge is 0.308 e. The van der Waals surface area contributed by atoms with Gasteiger partial charge in [0.1, 0.15) is 5.82 Å². The molecule has 3 atom stereocenters. The second-order valence-corrected chi connectivity index (χ2v) is 6.47. The molecule has 4 nitrogen and oxygen atoms in total. The van der Waals surface area contributed by atoms with Crippen LogP contribution >= 0.6 is 0 Å². The van der Waals surface area contributed by atoms with Crippen molar-refractivity contribution in [2.45, 2.75) is 25.7 Å². The maximum Gasteiger partial charge on any atom is 0.308 e. The van der Waals surface area contributed by atoms with Crippen LogP contribution in [0.1, 0.15) is 31.2 Å². The van der Waals surface area contributed by atoms with Crippen LogP contribution in [-0.4, -0.2) is 35.0 Å². The largest absolute Gasteiger partial charge is 0.481 e. The predicted molar refractivity (Wildman–Crippen MR) is 78.7 cm³/mol. The minimum absolute atomic E-state index is 0.0705. The molecule has 2 aliphatic rings. The molecule has 0 spiro atoms. The van der Waals surface area contributed by atoms with E-state index in [1.165, 1.54) is 12.1 Å². The van der Waals surface area contributed by atoms with Gasteiger partial charge in [-0.2, -0.15) is 0 Å². The van der Waals surface area contributed by atoms with Gasteiger partial charge in [-0.25, -0.2) is 4.39 Å². The Labute approximate surface area is 128 Å². The Morgan fingerprint density at radius 2 is 2.05 bits per heavy atom. The van der Waals surface area contributed by atoms with Crippen molar-refractivity contribution in [1.82, 2.24) is 4.90 Å². The van der Waals surface area contributed by atoms with Gasteiger partial charge >= 0.3 is 5.97 Å². The molecular formula is C17H20FNO3. The first-order valence-electron chi connectivity index (χ1n) is 7.74. The lowest BCUT2D eigenvalue weighted by Crippen LogP contribution is -2.33. The van der Waals surface area contributed by atoms with Crippen molar-refractivity contribution in [3.63, 3.8) is 0 Å². The molecule has 5 heteroatoms. The summed E-state index contributed by atoms with van der Waals surface area (Å²) in [5, 5.41) is 9.36. The Hall–Kier alpha value is -1.91. The zero-order chi connectivity index (χ0) is 15.9. The van der Waals surface area contributed by atoms with Crippen molar-refractivity contribution in [2.75, 3.05) is 13.1 Å². The van der Waals surface area contributed by atoms with Gasteiger partial charge in [-0.1, -0.05) is 12.1 Å². The van der Waals surface area contributed by atoms with Gasteiger partial charge < -0.3 is 10.0 Å². The zero-order valence-corrected chi connectivity index (χ0v) is 12.5. The van der Waals surface area contributed by atoms with Gasteiger partial charge in [0.25, 0.3) is 0 Å². The average Bonchev–Trinajstić information content (AvgIpc) is 3.24. The molecule has 3 rings (SSSR count). The van der Waals surface area contributed by atoms with Crippen LogP contribution in [0.15, 0.2) is 24.3 Å². The summed E-state index contributed by atoms with van der Waals surface area (Å²) in [6, 6.07) is 6.03. The molecule has 1 aromatic carbocycles. The minimum atomic E-state index is -0.814. The number of carboxylic acid groups (broad SMARTS) is 1. The van der Waals surface area contributed by atoms with E-state index in [1.54, 1.807) is 24.0 Å². The van der Waals surface area contributed by atoms with Crippen molar-refractivity contribution in [1.29, 1.82) is 0 Å². The lowest BCUT2D eigenvalue weighted by molar-refractivity contribution is -0.142. The number of benzene rings is 1. The Balaban J connectivity index is 1.73. The third kappa shape index (κ3) is 2.85. The summed E-state index contributed by atoms with van der Waals surface area (Å²) in [7, 11) is 0. The van der Waals surface area contributed by atoms with Crippen molar-refractivity contribution in [2.24, 2.45) is 17.8 Å². The summed E-state index contributed by atoms with van der Waals surface area (Å²) in [5.41, 5.74) is 0.631. The highest BCUT2D eigenvalue weighted by atomic mass is 19.1. The molecule has 0 aromatic heterocycles. The quantitative estimate of drug-likeness (QED) is 0.930. The number of hydrogen-bond acceptors (Lipinski definition) is 2. The van der Waals surface area contributed by atoms with Gasteiger partial charge in [-0.15, -0.1) is 0 Å². The van der Waals surface area contributed by atoms with Crippen molar-refractivity contribution >= 4 is 11.9 Å². The van der Waals surface area contributed by atoms with Crippen LogP contribution < -0.4 is 0 Å². The summed E-state index contributed by atoms with van der Waals surface area (Å²) < 4.78 is 13.3. The lowest BCUT2D eigenvalue weighted by Gasteiger charge is -2.21. The highest BCUT2D eigenvalue weighted by molar-refractivity contribution is 5.84. The molecule has 1 saturated carbocycles. The van der Waals surface area contributed by atoms with E-state index in [4.69, 9.17) is 0 Å². The van der Waals surface area contributed by atoms with E-state index in [2.05, 4.69) is 0 Å². The predicted octanol–water partition coefficient (Wildman–Crippen LogP) is 2.50. The molecule has 1 aliphatic carbocycles. The van der Waals surface area contributed by atoms with Gasteiger partial charge in [0, 0.05) is 13.1 Å². The van der Waals surface area contributed by atoms with Crippen LogP contribution in [0, 0.1) is 23.6 Å². The zero-order valence-electron chi connectivity index (χ0n) is 12.5. The van der Waals surface area contributed by atoms with E-state index in [1.807, 2.05) is 0 Å². The molecule has 22 heavy (non-hydrogen) atoms. The molecule has 1 amide bonds. The fourth-order valence-electron chi connectivity index (χ4n) is 3.46. The molecule has 2 fully saturated rings. The van der Waals surface area contributed by atoms with Crippen LogP contribution in [0.3, 0.4) is 0 Å². The van der Waals surface area contributed by atoms with Crippen molar-refractivity contribution in [3.8, 4) is 0 Å². The van der Waals surface area contributed by atoms with E-state index < -0.39 is 17.8 Å². The van der Waals surface area contributed by atoms with E-state index in [9.17, 15) is 19.1 Å². The van der Waals surface area contributed by atoms with Crippen molar-refractivity contribution < 1.29 is 19.1 Å². The maximum atomic E-state index is 13.3. The molecule has 1 unspecified atom stereocenters. The molecule has 1 heterocycles. The van der Waals surface area contributed by atoms with Crippen LogP contribution in [0.4, 0.5) is 4.39 Å². The van der Waals surface area contributed by atoms with E-state index in [0.29, 0.717) is 18.0 Å². The normalized spacial score (nSPS) is 26.0. The maximum absolute atomic E-state index is 13.3. The number of halogens is 1. The van der Waals surface area contributed by atoms with Gasteiger partial charge in [0.15, 0.2) is 0 Å². The second kappa shape index (κ2) is 5.71. The number of likely N-dealkylation sites (tertiary alicyclic amines) is 1. The summed E-state index contributed by atoms with van der Waals surface area (Å²) >= 11 is 0. The Morgan fingerprint density at radius 3 is 2.64 bits per heavy atom. The molecule has 1 saturated heterocycles. The molecule has 0 bridgehead atoms. The fraction of sp³-hybridized carbons (Fsp3) is 0.529. The number of amides is 1. The first kappa shape index (κ1) is 15.0. The van der Waals surface area contributed by atoms with Gasteiger partial charge in [-0.05, 0) is 49.3 Å². The lowest BCUT2D eigenvalue weighted by atomic mass is 9.92. The fourth-order valence-corrected chi connectivity index (χ4v) is 3.46. The number of carbonyl (C=O) groups is 2. The number of hydrogen-bond donors (Lipinski definition) is 1. The highest BCUT2D eigenvalue weighted by Crippen LogP contribution is 2.44. The summed E-state index contributed by atoms with van der Waals surface area (Å²) in [4.78, 5) is 25.7. The van der Waals surface area contributed by atoms with Crippen molar-refractivity contribution in [3.05, 3.63) is 35.6 Å². The van der Waals surface area contributed by atoms with Crippen LogP contribution in [0.25, 0.3) is 0 Å². The summed E-state index contributed by atoms with van der Waals surface area (Å²) in [6.07, 6.45) is 2.13. The van der Waals surface area contributed by atoms with E-state index >= 15 is 0 Å². The third-order valence-corrected chi connectivity index (χ3v) is 4.94. The molecule has 1 aliphatic heterocycles. The van der Waals surface area contributed by atoms with Crippen LogP contribution in [0.5, 0.6) is 0 Å². The number of carbonyl (C=O) groups excluding carboxylic acids is 1. The molecule has 1 aromatic rings. The first-order chi connectivity index (χ1) is 10.5. The topological polar surface area (TPSA) is 57.6 Å². The molecule has 0 radical (unpaired) electrons. The molecule has 118 valence electrons. The first-order valence-corrected chi connectivity index (χ1v) is 7.74. The van der Waals surface area contributed by atoms with Gasteiger partial charge in [-0.3, -0.25) is 9.59 Å². The Bertz CT molecular complexity index is 599. The van der Waals surface area contributed by atoms with Crippen LogP contribution in [-0.2, 0) is 9.59 Å². The van der Waals surface area contributed by atoms with E-state index in [-0.39, 0.29) is 24.2 Å². The third-order valence-electron chi connectivity index (χ3n) is 4.94. The Kier molecular flexibility index (Phi) is 3.89. The number of nitrogens with zero attached hydrogens (tertiary/aromatic N) is 1. The van der Waals surface area contributed by atoms with Gasteiger partial charge in [0.2, 0.25) is 5.91 Å². The van der Waals surface area contributed by atoms with E-state index in [0.717, 1.165) is 12.8 Å². The second-order valence-electron chi connectivity index (χ2n) is 6.47. The summed E-state index contributed by atoms with van der Waals surface area (Å²) in [5.74, 6) is -1.69. The van der Waals surface area contributed by atoms with Crippen LogP contribution in [0.2, 0.25) is 0 Å². The van der Waals surface area contributed by atoms with Gasteiger partial charge in [0.05, 0.1) is 11.8 Å². The number of carboxylic acids is 1. The minimum Gasteiger partial charge on any atom is -0.481 e. The molecule has 1 N–H and O–H groups in total. The average molecular weight is 305 g/mol.